The number of ether oxygens (including phenoxy) is 1. The quantitative estimate of drug-likeness (QED) is 0.667. The number of H-pyrrole nitrogens is 1. The first-order valence-corrected chi connectivity index (χ1v) is 6.69. The Morgan fingerprint density at radius 3 is 2.90 bits per heavy atom. The Hall–Kier alpha value is -2.83. The van der Waals surface area contributed by atoms with E-state index in [2.05, 4.69) is 30.6 Å². The molecule has 21 heavy (non-hydrogen) atoms. The largest absolute Gasteiger partial charge is 0.492 e. The zero-order chi connectivity index (χ0) is 14.7. The number of benzene rings is 1. The maximum atomic E-state index is 5.61. The second kappa shape index (κ2) is 5.66. The zero-order valence-electron chi connectivity index (χ0n) is 11.8. The Morgan fingerprint density at radius 2 is 2.10 bits per heavy atom. The molecule has 7 heteroatoms. The average molecular weight is 284 g/mol. The van der Waals surface area contributed by atoms with Gasteiger partial charge in [-0.2, -0.15) is 9.97 Å². The molecule has 0 atom stereocenters. The minimum Gasteiger partial charge on any atom is -0.492 e. The fourth-order valence-corrected chi connectivity index (χ4v) is 2.01. The number of rotatable bonds is 5. The van der Waals surface area contributed by atoms with Crippen molar-refractivity contribution >= 4 is 28.6 Å². The van der Waals surface area contributed by atoms with Gasteiger partial charge >= 0.3 is 0 Å². The fourth-order valence-electron chi connectivity index (χ4n) is 2.01. The van der Waals surface area contributed by atoms with Crippen LogP contribution in [-0.2, 0) is 0 Å². The van der Waals surface area contributed by atoms with E-state index < -0.39 is 0 Å². The predicted octanol–water partition coefficient (Wildman–Crippen LogP) is 2.54. The third-order valence-electron chi connectivity index (χ3n) is 2.95. The SMILES string of the molecule is CCOc1ccccc1Nc1nc(NC)nc2nc[nH]c12. The molecule has 3 rings (SSSR count). The van der Waals surface area contributed by atoms with Gasteiger partial charge in [0.1, 0.15) is 11.3 Å². The lowest BCUT2D eigenvalue weighted by Crippen LogP contribution is -2.03. The van der Waals surface area contributed by atoms with Crippen molar-refractivity contribution in [1.29, 1.82) is 0 Å². The second-order valence-corrected chi connectivity index (χ2v) is 4.30. The summed E-state index contributed by atoms with van der Waals surface area (Å²) in [4.78, 5) is 15.9. The molecule has 3 aromatic rings. The Kier molecular flexibility index (Phi) is 3.55. The van der Waals surface area contributed by atoms with E-state index in [0.29, 0.717) is 24.0 Å². The molecule has 0 aliphatic carbocycles. The van der Waals surface area contributed by atoms with Crippen molar-refractivity contribution in [2.45, 2.75) is 6.92 Å². The number of hydrogen-bond donors (Lipinski definition) is 3. The standard InChI is InChI=1S/C14H16N6O/c1-3-21-10-7-5-4-6-9(10)18-13-11-12(17-8-16-11)19-14(15-2)20-13/h4-8H,3H2,1-2H3,(H3,15,16,17,18,19,20). The van der Waals surface area contributed by atoms with Crippen LogP contribution in [0.4, 0.5) is 17.5 Å². The first kappa shape index (κ1) is 13.2. The topological polar surface area (TPSA) is 87.8 Å². The smallest absolute Gasteiger partial charge is 0.226 e. The van der Waals surface area contributed by atoms with E-state index in [1.807, 2.05) is 31.2 Å². The second-order valence-electron chi connectivity index (χ2n) is 4.30. The molecular formula is C14H16N6O. The van der Waals surface area contributed by atoms with Gasteiger partial charge in [-0.25, -0.2) is 4.98 Å². The Labute approximate surface area is 121 Å². The lowest BCUT2D eigenvalue weighted by atomic mass is 10.3. The molecule has 0 amide bonds. The van der Waals surface area contributed by atoms with Gasteiger partial charge in [0.25, 0.3) is 0 Å². The molecule has 0 bridgehead atoms. The van der Waals surface area contributed by atoms with E-state index in [1.54, 1.807) is 13.4 Å². The first-order valence-electron chi connectivity index (χ1n) is 6.69. The summed E-state index contributed by atoms with van der Waals surface area (Å²) in [6.45, 7) is 2.55. The van der Waals surface area contributed by atoms with Gasteiger partial charge in [-0.3, -0.25) is 0 Å². The molecule has 7 nitrogen and oxygen atoms in total. The van der Waals surface area contributed by atoms with E-state index in [1.165, 1.54) is 0 Å². The van der Waals surface area contributed by atoms with Crippen LogP contribution in [0.2, 0.25) is 0 Å². The number of imidazole rings is 1. The molecule has 2 aromatic heterocycles. The number of aromatic amines is 1. The number of hydrogen-bond acceptors (Lipinski definition) is 6. The normalized spacial score (nSPS) is 10.6. The van der Waals surface area contributed by atoms with Crippen LogP contribution in [0.5, 0.6) is 5.75 Å². The molecule has 0 aliphatic heterocycles. The van der Waals surface area contributed by atoms with Crippen molar-refractivity contribution < 1.29 is 4.74 Å². The Morgan fingerprint density at radius 1 is 1.24 bits per heavy atom. The number of anilines is 3. The fraction of sp³-hybridized carbons (Fsp3) is 0.214. The van der Waals surface area contributed by atoms with E-state index in [9.17, 15) is 0 Å². The highest BCUT2D eigenvalue weighted by molar-refractivity contribution is 5.86. The highest BCUT2D eigenvalue weighted by Gasteiger charge is 2.11. The van der Waals surface area contributed by atoms with Crippen LogP contribution >= 0.6 is 0 Å². The van der Waals surface area contributed by atoms with Gasteiger partial charge in [0.05, 0.1) is 18.6 Å². The monoisotopic (exact) mass is 284 g/mol. The summed E-state index contributed by atoms with van der Waals surface area (Å²) in [5.41, 5.74) is 2.20. The van der Waals surface area contributed by atoms with Crippen LogP contribution in [0.3, 0.4) is 0 Å². The summed E-state index contributed by atoms with van der Waals surface area (Å²) in [7, 11) is 1.77. The number of fused-ring (bicyclic) bond motifs is 1. The summed E-state index contributed by atoms with van der Waals surface area (Å²) < 4.78 is 5.61. The van der Waals surface area contributed by atoms with E-state index in [4.69, 9.17) is 4.74 Å². The molecule has 0 aliphatic rings. The van der Waals surface area contributed by atoms with Crippen LogP contribution < -0.4 is 15.4 Å². The minimum atomic E-state index is 0.506. The van der Waals surface area contributed by atoms with Crippen molar-refractivity contribution in [3.63, 3.8) is 0 Å². The Bertz CT molecular complexity index is 754. The zero-order valence-corrected chi connectivity index (χ0v) is 11.8. The van der Waals surface area contributed by atoms with Crippen LogP contribution in [0.1, 0.15) is 6.92 Å². The number of aromatic nitrogens is 4. The number of para-hydroxylation sites is 2. The van der Waals surface area contributed by atoms with Crippen molar-refractivity contribution in [3.8, 4) is 5.75 Å². The van der Waals surface area contributed by atoms with E-state index in [-0.39, 0.29) is 0 Å². The molecule has 0 spiro atoms. The maximum Gasteiger partial charge on any atom is 0.226 e. The lowest BCUT2D eigenvalue weighted by Gasteiger charge is -2.12. The third kappa shape index (κ3) is 2.58. The third-order valence-corrected chi connectivity index (χ3v) is 2.95. The van der Waals surface area contributed by atoms with Crippen molar-refractivity contribution in [3.05, 3.63) is 30.6 Å². The minimum absolute atomic E-state index is 0.506. The molecule has 0 unspecified atom stereocenters. The van der Waals surface area contributed by atoms with Gasteiger partial charge in [-0.05, 0) is 19.1 Å². The first-order chi connectivity index (χ1) is 10.3. The summed E-state index contributed by atoms with van der Waals surface area (Å²) in [5, 5.41) is 6.20. The molecular weight excluding hydrogens is 268 g/mol. The van der Waals surface area contributed by atoms with E-state index in [0.717, 1.165) is 17.0 Å². The van der Waals surface area contributed by atoms with Crippen molar-refractivity contribution in [2.75, 3.05) is 24.3 Å². The van der Waals surface area contributed by atoms with Crippen LogP contribution in [0.15, 0.2) is 30.6 Å². The van der Waals surface area contributed by atoms with Crippen LogP contribution in [0.25, 0.3) is 11.2 Å². The Balaban J connectivity index is 2.03. The highest BCUT2D eigenvalue weighted by atomic mass is 16.5. The molecule has 0 radical (unpaired) electrons. The summed E-state index contributed by atoms with van der Waals surface area (Å²) in [6.07, 6.45) is 1.60. The van der Waals surface area contributed by atoms with E-state index >= 15 is 0 Å². The van der Waals surface area contributed by atoms with Gasteiger partial charge in [-0.15, -0.1) is 0 Å². The molecule has 3 N–H and O–H groups in total. The molecule has 0 fully saturated rings. The average Bonchev–Trinajstić information content (AvgIpc) is 2.98. The van der Waals surface area contributed by atoms with Crippen molar-refractivity contribution in [2.24, 2.45) is 0 Å². The van der Waals surface area contributed by atoms with Gasteiger partial charge in [0, 0.05) is 7.05 Å². The molecule has 0 saturated heterocycles. The van der Waals surface area contributed by atoms with Crippen LogP contribution in [-0.4, -0.2) is 33.6 Å². The predicted molar refractivity (Wildman–Crippen MR) is 82.1 cm³/mol. The summed E-state index contributed by atoms with van der Waals surface area (Å²) in [6, 6.07) is 7.72. The van der Waals surface area contributed by atoms with Gasteiger partial charge < -0.3 is 20.4 Å². The molecule has 1 aromatic carbocycles. The lowest BCUT2D eigenvalue weighted by molar-refractivity contribution is 0.342. The van der Waals surface area contributed by atoms with Crippen LogP contribution in [0, 0.1) is 0 Å². The molecule has 0 saturated carbocycles. The number of nitrogens with one attached hydrogen (secondary N) is 3. The highest BCUT2D eigenvalue weighted by Crippen LogP contribution is 2.29. The molecule has 108 valence electrons. The summed E-state index contributed by atoms with van der Waals surface area (Å²) >= 11 is 0. The van der Waals surface area contributed by atoms with Gasteiger partial charge in [0.15, 0.2) is 11.5 Å². The van der Waals surface area contributed by atoms with Crippen molar-refractivity contribution in [1.82, 2.24) is 19.9 Å². The molecule has 2 heterocycles. The van der Waals surface area contributed by atoms with Gasteiger partial charge in [0.2, 0.25) is 5.95 Å². The van der Waals surface area contributed by atoms with Gasteiger partial charge in [-0.1, -0.05) is 12.1 Å². The summed E-state index contributed by atoms with van der Waals surface area (Å²) in [5.74, 6) is 1.93. The maximum absolute atomic E-state index is 5.61. The number of nitrogens with zero attached hydrogens (tertiary/aromatic N) is 3.